The Hall–Kier alpha value is 1.70. The molecule has 0 rings (SSSR count). The fourth-order valence-corrected chi connectivity index (χ4v) is 0. The molecule has 0 aliphatic carbocycles. The van der Waals surface area contributed by atoms with Crippen LogP contribution in [0, 0.1) is 0 Å². The summed E-state index contributed by atoms with van der Waals surface area (Å²) in [5, 5.41) is 33.0. The van der Waals surface area contributed by atoms with Crippen LogP contribution in [-0.4, -0.2) is 73.9 Å². The Morgan fingerprint density at radius 1 is 0.636 bits per heavy atom. The first-order chi connectivity index (χ1) is 5.00. The molecule has 0 amide bonds. The van der Waals surface area contributed by atoms with Crippen molar-refractivity contribution in [1.82, 2.24) is 0 Å². The second-order valence-electron chi connectivity index (χ2n) is 0. The van der Waals surface area contributed by atoms with E-state index in [4.69, 9.17) is 20.4 Å². The van der Waals surface area contributed by atoms with Crippen molar-refractivity contribution in [2.75, 3.05) is 28.4 Å². The molecule has 0 saturated heterocycles. The molecular weight excluding hydrogens is 388 g/mol. The van der Waals surface area contributed by atoms with E-state index >= 15 is 0 Å². The Balaban J connectivity index is -0.00000000694. The van der Waals surface area contributed by atoms with E-state index in [0.717, 1.165) is 28.4 Å². The molecule has 0 spiro atoms. The average molecular weight is 400 g/mol. The van der Waals surface area contributed by atoms with Gasteiger partial charge in [-0.2, -0.15) is 28.4 Å². The van der Waals surface area contributed by atoms with Crippen LogP contribution in [0.15, 0.2) is 0 Å². The Morgan fingerprint density at radius 2 is 0.636 bits per heavy atom. The molecule has 0 aliphatic heterocycles. The van der Waals surface area contributed by atoms with Crippen molar-refractivity contribution in [2.45, 2.75) is 0 Å². The average Bonchev–Trinajstić information content (AvgIpc) is 2.20. The summed E-state index contributed by atoms with van der Waals surface area (Å²) in [6.07, 6.45) is 0. The maximum atomic E-state index is 8.25. The minimum absolute atomic E-state index is 0. The van der Waals surface area contributed by atoms with Gasteiger partial charge in [-0.15, -0.1) is 0 Å². The van der Waals surface area contributed by atoms with Gasteiger partial charge in [0.25, 0.3) is 0 Å². The molecule has 0 fully saturated rings. The van der Waals surface area contributed by atoms with Crippen LogP contribution in [0.3, 0.4) is 0 Å². The van der Waals surface area contributed by atoms with Gasteiger partial charge >= 0.3 is 54.7 Å². The molecule has 4 radical (unpaired) electrons. The Morgan fingerprint density at radius 3 is 0.636 bits per heavy atom. The molecule has 4 nitrogen and oxygen atoms in total. The standard InChI is InChI=1S/4CH3O.S.2Sb/c4*1-2;;;/h4*1H3;;;/q4*-1;;+1;+3. The van der Waals surface area contributed by atoms with Crippen molar-refractivity contribution in [3.63, 3.8) is 0 Å². The van der Waals surface area contributed by atoms with E-state index in [0.29, 0.717) is 0 Å². The third-order valence-electron chi connectivity index (χ3n) is 0. The van der Waals surface area contributed by atoms with Crippen molar-refractivity contribution < 1.29 is 20.4 Å². The first kappa shape index (κ1) is 38.7. The van der Waals surface area contributed by atoms with Crippen LogP contribution in [0.4, 0.5) is 0 Å². The second kappa shape index (κ2) is 465. The largest absolute Gasteiger partial charge is 3.00 e. The molecule has 0 heterocycles. The van der Waals surface area contributed by atoms with Gasteiger partial charge in [0.15, 0.2) is 0 Å². The molecule has 0 N–H and O–H groups in total. The zero-order valence-electron chi connectivity index (χ0n) is 6.94. The van der Waals surface area contributed by atoms with Gasteiger partial charge in [-0.05, 0) is 0 Å². The van der Waals surface area contributed by atoms with Crippen molar-refractivity contribution in [1.29, 1.82) is 0 Å². The molecule has 68 valence electrons. The third kappa shape index (κ3) is 382. The van der Waals surface area contributed by atoms with Crippen LogP contribution in [0.1, 0.15) is 0 Å². The van der Waals surface area contributed by atoms with Gasteiger partial charge in [-0.25, -0.2) is 0 Å². The smallest absolute Gasteiger partial charge is 3.00 e. The van der Waals surface area contributed by atoms with Gasteiger partial charge in [-0.3, -0.25) is 0 Å². The van der Waals surface area contributed by atoms with E-state index in [1.807, 2.05) is 0 Å². The number of hydrogen-bond donors (Lipinski definition) is 0. The van der Waals surface area contributed by atoms with E-state index in [2.05, 4.69) is 9.19 Å². The second-order valence-corrected chi connectivity index (χ2v) is 0. The Bertz CT molecular complexity index is 20.1. The van der Waals surface area contributed by atoms with Crippen LogP contribution < -0.4 is 20.4 Å². The molecule has 0 saturated carbocycles. The maximum absolute atomic E-state index is 8.25. The van der Waals surface area contributed by atoms with Crippen molar-refractivity contribution in [3.05, 3.63) is 0 Å². The summed E-state index contributed by atoms with van der Waals surface area (Å²) in [7, 11) is 7.13. The van der Waals surface area contributed by atoms with E-state index < -0.39 is 0 Å². The van der Waals surface area contributed by atoms with Gasteiger partial charge in [0.2, 0.25) is 0 Å². The van der Waals surface area contributed by atoms with Crippen LogP contribution in [0.25, 0.3) is 0 Å². The summed E-state index contributed by atoms with van der Waals surface area (Å²) in [4.78, 5) is 0. The van der Waals surface area contributed by atoms with Gasteiger partial charge in [0.1, 0.15) is 0 Å². The quantitative estimate of drug-likeness (QED) is 0.385. The maximum Gasteiger partial charge on any atom is 3.00 e. The molecule has 0 unspecified atom stereocenters. The van der Waals surface area contributed by atoms with E-state index in [9.17, 15) is 0 Å². The minimum Gasteiger partial charge on any atom is 3.00 e. The topological polar surface area (TPSA) is 92.2 Å². The van der Waals surface area contributed by atoms with E-state index in [1.165, 1.54) is 21.1 Å². The molecule has 11 heavy (non-hydrogen) atoms. The van der Waals surface area contributed by atoms with Crippen LogP contribution in [-0.2, 0) is 0 Å². The molecule has 0 aromatic rings. The number of hydrogen-bond acceptors (Lipinski definition) is 5. The Kier molecular flexibility index (Phi) is 1640. The fraction of sp³-hybridized carbons (Fsp3) is 1.00. The number of rotatable bonds is 0. The van der Waals surface area contributed by atoms with Crippen molar-refractivity contribution in [3.8, 4) is 0 Å². The molecule has 0 bridgehead atoms. The van der Waals surface area contributed by atoms with Gasteiger partial charge < -0.3 is 20.4 Å². The van der Waals surface area contributed by atoms with E-state index in [1.54, 1.807) is 0 Å². The fourth-order valence-electron chi connectivity index (χ4n) is 0. The summed E-state index contributed by atoms with van der Waals surface area (Å²) >= 11 is 1.33. The molecule has 7 heteroatoms. The van der Waals surface area contributed by atoms with Gasteiger partial charge in [-0.1, -0.05) is 0 Å². The van der Waals surface area contributed by atoms with Gasteiger partial charge in [0, 0.05) is 0 Å². The molecule has 0 aliphatic rings. The first-order valence-corrected chi connectivity index (χ1v) is 5.31. The summed E-state index contributed by atoms with van der Waals surface area (Å²) in [6.45, 7) is 0. The summed E-state index contributed by atoms with van der Waals surface area (Å²) in [5.74, 6) is 0. The summed E-state index contributed by atoms with van der Waals surface area (Å²) in [6, 6.07) is 0. The molecule has 0 atom stereocenters. The van der Waals surface area contributed by atoms with Crippen LogP contribution >= 0.6 is 9.19 Å². The van der Waals surface area contributed by atoms with Crippen molar-refractivity contribution >= 4 is 54.7 Å². The Labute approximate surface area is 103 Å². The van der Waals surface area contributed by atoms with Crippen molar-refractivity contribution in [2.24, 2.45) is 0 Å². The zero-order chi connectivity index (χ0) is 10.0. The predicted molar refractivity (Wildman–Crippen MR) is 42.8 cm³/mol. The van der Waals surface area contributed by atoms with E-state index in [-0.39, 0.29) is 24.4 Å². The first-order valence-electron chi connectivity index (χ1n) is 1.82. The summed E-state index contributed by atoms with van der Waals surface area (Å²) in [5.41, 5.74) is 0. The minimum atomic E-state index is 0. The van der Waals surface area contributed by atoms with Crippen LogP contribution in [0.2, 0.25) is 0 Å². The third-order valence-corrected chi connectivity index (χ3v) is 0. The monoisotopic (exact) mass is 398 g/mol. The SMILES string of the molecule is C[O-].C[O-].C[O-].C[O-].[S]=[Sb+].[Sb+3]. The molecular formula is C4H12O4SSb2. The summed E-state index contributed by atoms with van der Waals surface area (Å²) < 4.78 is 0. The molecule has 0 aromatic carbocycles. The van der Waals surface area contributed by atoms with Crippen LogP contribution in [0.5, 0.6) is 0 Å². The molecule has 0 aromatic heterocycles. The predicted octanol–water partition coefficient (Wildman–Crippen LogP) is -4.21. The van der Waals surface area contributed by atoms with Gasteiger partial charge in [0.05, 0.1) is 0 Å². The zero-order valence-corrected chi connectivity index (χ0v) is 12.9. The normalized spacial score (nSPS) is 2.55.